The molecule has 0 heterocycles. The molecule has 0 amide bonds. The Hall–Kier alpha value is -1.14. The van der Waals surface area contributed by atoms with E-state index in [1.807, 2.05) is 18.2 Å². The summed E-state index contributed by atoms with van der Waals surface area (Å²) in [7, 11) is 0. The summed E-state index contributed by atoms with van der Waals surface area (Å²) in [5.74, 6) is 0.263. The maximum absolute atomic E-state index is 13.8. The van der Waals surface area contributed by atoms with E-state index >= 15 is 0 Å². The molecule has 1 N–H and O–H groups in total. The normalized spacial score (nSPS) is 12.2. The van der Waals surface area contributed by atoms with Crippen LogP contribution in [0.1, 0.15) is 18.6 Å². The van der Waals surface area contributed by atoms with Gasteiger partial charge in [-0.25, -0.2) is 4.39 Å². The zero-order chi connectivity index (χ0) is 13.1. The van der Waals surface area contributed by atoms with E-state index in [2.05, 4.69) is 22.6 Å². The molecule has 2 aromatic rings. The molecule has 0 fully saturated rings. The van der Waals surface area contributed by atoms with Crippen LogP contribution in [0.25, 0.3) is 0 Å². The van der Waals surface area contributed by atoms with Crippen molar-refractivity contribution in [2.24, 2.45) is 0 Å². The second kappa shape index (κ2) is 5.67. The van der Waals surface area contributed by atoms with Crippen molar-refractivity contribution in [2.45, 2.75) is 13.0 Å². The van der Waals surface area contributed by atoms with Crippen LogP contribution in [0.5, 0.6) is 11.5 Å². The minimum Gasteiger partial charge on any atom is -0.454 e. The molecule has 0 aliphatic carbocycles. The molecule has 0 aromatic heterocycles. The summed E-state index contributed by atoms with van der Waals surface area (Å²) >= 11 is 2.16. The molecule has 1 atom stereocenters. The molecular formula is C14H12FIO2. The molecule has 0 spiro atoms. The fourth-order valence-electron chi connectivity index (χ4n) is 1.52. The van der Waals surface area contributed by atoms with Crippen molar-refractivity contribution in [2.75, 3.05) is 0 Å². The Balaban J connectivity index is 2.24. The lowest BCUT2D eigenvalue weighted by molar-refractivity contribution is 0.198. The smallest absolute Gasteiger partial charge is 0.166 e. The zero-order valence-electron chi connectivity index (χ0n) is 9.73. The molecule has 0 saturated carbocycles. The quantitative estimate of drug-likeness (QED) is 0.831. The first-order valence-corrected chi connectivity index (χ1v) is 6.55. The maximum atomic E-state index is 13.8. The minimum atomic E-state index is -0.689. The van der Waals surface area contributed by atoms with Gasteiger partial charge in [-0.1, -0.05) is 12.1 Å². The summed E-state index contributed by atoms with van der Waals surface area (Å²) in [6.45, 7) is 1.59. The molecule has 2 rings (SSSR count). The van der Waals surface area contributed by atoms with Crippen LogP contribution in [0.4, 0.5) is 4.39 Å². The summed E-state index contributed by atoms with van der Waals surface area (Å²) in [6, 6.07) is 11.8. The number of benzene rings is 2. The van der Waals surface area contributed by atoms with Crippen molar-refractivity contribution in [1.82, 2.24) is 0 Å². The fourth-order valence-corrected chi connectivity index (χ4v) is 2.03. The number of hydrogen-bond donors (Lipinski definition) is 1. The first kappa shape index (κ1) is 13.3. The highest BCUT2D eigenvalue weighted by Gasteiger charge is 2.08. The molecular weight excluding hydrogens is 346 g/mol. The van der Waals surface area contributed by atoms with Crippen LogP contribution in [-0.2, 0) is 0 Å². The third kappa shape index (κ3) is 3.20. The Labute approximate surface area is 119 Å². The zero-order valence-corrected chi connectivity index (χ0v) is 11.9. The van der Waals surface area contributed by atoms with E-state index in [1.54, 1.807) is 19.1 Å². The van der Waals surface area contributed by atoms with Crippen molar-refractivity contribution in [3.05, 3.63) is 57.4 Å². The summed E-state index contributed by atoms with van der Waals surface area (Å²) in [4.78, 5) is 0. The molecule has 2 aromatic carbocycles. The van der Waals surface area contributed by atoms with Gasteiger partial charge in [0, 0.05) is 3.57 Å². The largest absolute Gasteiger partial charge is 0.454 e. The van der Waals surface area contributed by atoms with E-state index in [0.29, 0.717) is 11.3 Å². The fraction of sp³-hybridized carbons (Fsp3) is 0.143. The number of halogens is 2. The Morgan fingerprint density at radius 3 is 2.61 bits per heavy atom. The van der Waals surface area contributed by atoms with Crippen molar-refractivity contribution in [3.63, 3.8) is 0 Å². The van der Waals surface area contributed by atoms with Crippen molar-refractivity contribution in [1.29, 1.82) is 0 Å². The summed E-state index contributed by atoms with van der Waals surface area (Å²) in [5.41, 5.74) is 0.530. The summed E-state index contributed by atoms with van der Waals surface area (Å²) in [5, 5.41) is 9.36. The van der Waals surface area contributed by atoms with Gasteiger partial charge in [-0.15, -0.1) is 0 Å². The third-order valence-corrected chi connectivity index (χ3v) is 3.13. The second-order valence-corrected chi connectivity index (χ2v) is 5.17. The van der Waals surface area contributed by atoms with Crippen LogP contribution in [0.3, 0.4) is 0 Å². The summed E-state index contributed by atoms with van der Waals surface area (Å²) in [6.07, 6.45) is -0.689. The molecule has 0 aliphatic heterocycles. The summed E-state index contributed by atoms with van der Waals surface area (Å²) < 4.78 is 20.2. The van der Waals surface area contributed by atoms with Gasteiger partial charge in [0.15, 0.2) is 11.6 Å². The lowest BCUT2D eigenvalue weighted by Gasteiger charge is -2.09. The lowest BCUT2D eigenvalue weighted by atomic mass is 10.1. The Morgan fingerprint density at radius 1 is 1.22 bits per heavy atom. The number of aliphatic hydroxyl groups excluding tert-OH is 1. The van der Waals surface area contributed by atoms with E-state index < -0.39 is 11.9 Å². The van der Waals surface area contributed by atoms with Gasteiger partial charge in [0.25, 0.3) is 0 Å². The highest BCUT2D eigenvalue weighted by Crippen LogP contribution is 2.27. The van der Waals surface area contributed by atoms with Gasteiger partial charge >= 0.3 is 0 Å². The van der Waals surface area contributed by atoms with Crippen molar-refractivity contribution < 1.29 is 14.2 Å². The van der Waals surface area contributed by atoms with Crippen LogP contribution < -0.4 is 4.74 Å². The number of ether oxygens (including phenoxy) is 1. The van der Waals surface area contributed by atoms with E-state index in [9.17, 15) is 9.50 Å². The standard InChI is InChI=1S/C14H12FIO2/c1-9(17)10-5-6-14(13(15)7-10)18-12-4-2-3-11(16)8-12/h2-9,17H,1H3/t9-/m1/s1. The molecule has 0 saturated heterocycles. The molecule has 2 nitrogen and oxygen atoms in total. The average molecular weight is 358 g/mol. The van der Waals surface area contributed by atoms with Gasteiger partial charge in [0.2, 0.25) is 0 Å². The molecule has 4 heteroatoms. The van der Waals surface area contributed by atoms with Crippen LogP contribution in [0, 0.1) is 9.39 Å². The van der Waals surface area contributed by atoms with Crippen molar-refractivity contribution >= 4 is 22.6 Å². The Bertz CT molecular complexity index is 555. The van der Waals surface area contributed by atoms with E-state index in [1.165, 1.54) is 12.1 Å². The molecule has 0 bridgehead atoms. The predicted molar refractivity (Wildman–Crippen MR) is 76.3 cm³/mol. The topological polar surface area (TPSA) is 29.5 Å². The molecule has 94 valence electrons. The van der Waals surface area contributed by atoms with E-state index in [-0.39, 0.29) is 5.75 Å². The molecule has 0 radical (unpaired) electrons. The Kier molecular flexibility index (Phi) is 4.19. The average Bonchev–Trinajstić information content (AvgIpc) is 2.31. The number of rotatable bonds is 3. The van der Waals surface area contributed by atoms with Crippen molar-refractivity contribution in [3.8, 4) is 11.5 Å². The van der Waals surface area contributed by atoms with Gasteiger partial charge < -0.3 is 9.84 Å². The van der Waals surface area contributed by atoms with Crippen LogP contribution in [0.15, 0.2) is 42.5 Å². The Morgan fingerprint density at radius 2 is 2.00 bits per heavy atom. The van der Waals surface area contributed by atoms with E-state index in [0.717, 1.165) is 3.57 Å². The predicted octanol–water partition coefficient (Wildman–Crippen LogP) is 4.28. The SMILES string of the molecule is C[C@@H](O)c1ccc(Oc2cccc(I)c2)c(F)c1. The molecule has 0 unspecified atom stereocenters. The number of aliphatic hydroxyl groups is 1. The van der Waals surface area contributed by atoms with Gasteiger partial charge in [-0.3, -0.25) is 0 Å². The van der Waals surface area contributed by atoms with E-state index in [4.69, 9.17) is 4.74 Å². The monoisotopic (exact) mass is 358 g/mol. The highest BCUT2D eigenvalue weighted by molar-refractivity contribution is 14.1. The number of hydrogen-bond acceptors (Lipinski definition) is 2. The van der Waals surface area contributed by atoms with Crippen LogP contribution in [-0.4, -0.2) is 5.11 Å². The first-order chi connectivity index (χ1) is 8.56. The third-order valence-electron chi connectivity index (χ3n) is 2.46. The lowest BCUT2D eigenvalue weighted by Crippen LogP contribution is -1.94. The van der Waals surface area contributed by atoms with Gasteiger partial charge in [0.05, 0.1) is 6.10 Å². The second-order valence-electron chi connectivity index (χ2n) is 3.93. The molecule has 18 heavy (non-hydrogen) atoms. The van der Waals surface area contributed by atoms with Gasteiger partial charge in [-0.05, 0) is 65.4 Å². The highest BCUT2D eigenvalue weighted by atomic mass is 127. The van der Waals surface area contributed by atoms with Gasteiger partial charge in [0.1, 0.15) is 5.75 Å². The van der Waals surface area contributed by atoms with Crippen LogP contribution in [0.2, 0.25) is 0 Å². The molecule has 0 aliphatic rings. The van der Waals surface area contributed by atoms with Crippen LogP contribution >= 0.6 is 22.6 Å². The van der Waals surface area contributed by atoms with Gasteiger partial charge in [-0.2, -0.15) is 0 Å². The minimum absolute atomic E-state index is 0.154. The maximum Gasteiger partial charge on any atom is 0.166 e. The first-order valence-electron chi connectivity index (χ1n) is 5.47.